The van der Waals surface area contributed by atoms with E-state index in [0.29, 0.717) is 18.5 Å². The number of anilines is 1. The Labute approximate surface area is 226 Å². The third-order valence-electron chi connectivity index (χ3n) is 6.23. The Morgan fingerprint density at radius 3 is 2.00 bits per heavy atom. The van der Waals surface area contributed by atoms with Crippen molar-refractivity contribution >= 4 is 27.5 Å². The van der Waals surface area contributed by atoms with Crippen LogP contribution in [0.4, 0.5) is 5.69 Å². The van der Waals surface area contributed by atoms with E-state index in [1.165, 1.54) is 17.0 Å². The van der Waals surface area contributed by atoms with Crippen LogP contribution in [0.2, 0.25) is 0 Å². The zero-order valence-electron chi connectivity index (χ0n) is 22.5. The molecule has 0 heterocycles. The molecular weight excluding hydrogens is 498 g/mol. The topological polar surface area (TPSA) is 86.8 Å². The normalized spacial score (nSPS) is 12.1. The van der Waals surface area contributed by atoms with Crippen LogP contribution in [0.5, 0.6) is 0 Å². The fourth-order valence-corrected chi connectivity index (χ4v) is 5.67. The standard InChI is InChI=1S/C30H37N3O4S/c1-5-28(30(35)31-23(2)3)32(21-20-25-12-8-6-9-13-25)29(34)22-33(26-18-16-24(4)17-19-26)38(36,37)27-14-10-7-11-15-27/h6-19,23,28H,5,20-22H2,1-4H3,(H,31,35). The summed E-state index contributed by atoms with van der Waals surface area (Å²) in [5, 5.41) is 2.91. The van der Waals surface area contributed by atoms with Gasteiger partial charge in [0.1, 0.15) is 12.6 Å². The maximum absolute atomic E-state index is 13.9. The van der Waals surface area contributed by atoms with E-state index in [4.69, 9.17) is 0 Å². The van der Waals surface area contributed by atoms with Crippen LogP contribution in [-0.4, -0.2) is 50.3 Å². The van der Waals surface area contributed by atoms with Gasteiger partial charge in [0.05, 0.1) is 10.6 Å². The van der Waals surface area contributed by atoms with Crippen molar-refractivity contribution in [3.8, 4) is 0 Å². The molecule has 1 unspecified atom stereocenters. The Morgan fingerprint density at radius 2 is 1.45 bits per heavy atom. The summed E-state index contributed by atoms with van der Waals surface area (Å²) < 4.78 is 28.6. The summed E-state index contributed by atoms with van der Waals surface area (Å²) in [4.78, 5) is 28.7. The summed E-state index contributed by atoms with van der Waals surface area (Å²) in [5.74, 6) is -0.691. The molecule has 8 heteroatoms. The summed E-state index contributed by atoms with van der Waals surface area (Å²) in [6, 6.07) is 24.0. The Bertz CT molecular complexity index is 1290. The molecule has 0 spiro atoms. The smallest absolute Gasteiger partial charge is 0.264 e. The average Bonchev–Trinajstić information content (AvgIpc) is 2.90. The van der Waals surface area contributed by atoms with E-state index in [1.54, 1.807) is 30.3 Å². The van der Waals surface area contributed by atoms with E-state index in [9.17, 15) is 18.0 Å². The average molecular weight is 536 g/mol. The first kappa shape index (κ1) is 28.9. The zero-order valence-corrected chi connectivity index (χ0v) is 23.3. The minimum absolute atomic E-state index is 0.0915. The van der Waals surface area contributed by atoms with Crippen molar-refractivity contribution in [1.29, 1.82) is 0 Å². The molecule has 0 aliphatic heterocycles. The number of carbonyl (C=O) groups is 2. The molecule has 0 saturated heterocycles. The quantitative estimate of drug-likeness (QED) is 0.368. The number of hydrogen-bond acceptors (Lipinski definition) is 4. The summed E-state index contributed by atoms with van der Waals surface area (Å²) in [5.41, 5.74) is 2.38. The first-order chi connectivity index (χ1) is 18.1. The van der Waals surface area contributed by atoms with Gasteiger partial charge in [0.25, 0.3) is 10.0 Å². The minimum atomic E-state index is -4.05. The zero-order chi connectivity index (χ0) is 27.7. The maximum Gasteiger partial charge on any atom is 0.264 e. The van der Waals surface area contributed by atoms with Crippen molar-refractivity contribution in [1.82, 2.24) is 10.2 Å². The highest BCUT2D eigenvalue weighted by Gasteiger charge is 2.33. The predicted molar refractivity (Wildman–Crippen MR) is 151 cm³/mol. The molecule has 202 valence electrons. The lowest BCUT2D eigenvalue weighted by atomic mass is 10.1. The Hall–Kier alpha value is -3.65. The van der Waals surface area contributed by atoms with Crippen molar-refractivity contribution < 1.29 is 18.0 Å². The highest BCUT2D eigenvalue weighted by molar-refractivity contribution is 7.92. The van der Waals surface area contributed by atoms with Crippen molar-refractivity contribution in [3.63, 3.8) is 0 Å². The lowest BCUT2D eigenvalue weighted by Gasteiger charge is -2.33. The fourth-order valence-electron chi connectivity index (χ4n) is 4.24. The van der Waals surface area contributed by atoms with E-state index in [1.807, 2.05) is 70.2 Å². The molecule has 1 atom stereocenters. The fraction of sp³-hybridized carbons (Fsp3) is 0.333. The van der Waals surface area contributed by atoms with Crippen LogP contribution >= 0.6 is 0 Å². The molecule has 0 aliphatic carbocycles. The Balaban J connectivity index is 1.99. The number of sulfonamides is 1. The van der Waals surface area contributed by atoms with Gasteiger partial charge < -0.3 is 10.2 Å². The third kappa shape index (κ3) is 7.44. The number of carbonyl (C=O) groups excluding carboxylic acids is 2. The second-order valence-electron chi connectivity index (χ2n) is 9.57. The third-order valence-corrected chi connectivity index (χ3v) is 8.02. The second kappa shape index (κ2) is 13.2. The van der Waals surface area contributed by atoms with Crippen molar-refractivity contribution in [2.75, 3.05) is 17.4 Å². The summed E-state index contributed by atoms with van der Waals surface area (Å²) >= 11 is 0. The first-order valence-corrected chi connectivity index (χ1v) is 14.4. The number of amides is 2. The summed E-state index contributed by atoms with van der Waals surface area (Å²) in [7, 11) is -4.05. The van der Waals surface area contributed by atoms with E-state index in [-0.39, 0.29) is 23.4 Å². The van der Waals surface area contributed by atoms with E-state index in [2.05, 4.69) is 5.32 Å². The van der Waals surface area contributed by atoms with Gasteiger partial charge in [-0.05, 0) is 63.4 Å². The van der Waals surface area contributed by atoms with Crippen LogP contribution in [0.1, 0.15) is 38.3 Å². The molecule has 0 radical (unpaired) electrons. The summed E-state index contributed by atoms with van der Waals surface area (Å²) in [6.45, 7) is 7.35. The minimum Gasteiger partial charge on any atom is -0.352 e. The number of nitrogens with one attached hydrogen (secondary N) is 1. The van der Waals surface area contributed by atoms with Gasteiger partial charge in [0.2, 0.25) is 11.8 Å². The van der Waals surface area contributed by atoms with Crippen LogP contribution in [0.15, 0.2) is 89.8 Å². The molecule has 0 bridgehead atoms. The lowest BCUT2D eigenvalue weighted by Crippen LogP contribution is -2.54. The number of hydrogen-bond donors (Lipinski definition) is 1. The van der Waals surface area contributed by atoms with Gasteiger partial charge in [-0.1, -0.05) is 73.2 Å². The molecule has 0 aromatic heterocycles. The molecule has 3 rings (SSSR count). The summed E-state index contributed by atoms with van der Waals surface area (Å²) in [6.07, 6.45) is 0.934. The molecule has 2 amide bonds. The molecule has 0 aliphatic rings. The molecule has 3 aromatic carbocycles. The highest BCUT2D eigenvalue weighted by atomic mass is 32.2. The van der Waals surface area contributed by atoms with Gasteiger partial charge in [-0.15, -0.1) is 0 Å². The monoisotopic (exact) mass is 535 g/mol. The number of rotatable bonds is 12. The van der Waals surface area contributed by atoms with Gasteiger partial charge >= 0.3 is 0 Å². The Morgan fingerprint density at radius 1 is 0.868 bits per heavy atom. The number of aryl methyl sites for hydroxylation is 1. The van der Waals surface area contributed by atoms with Crippen LogP contribution in [0.25, 0.3) is 0 Å². The second-order valence-corrected chi connectivity index (χ2v) is 11.4. The van der Waals surface area contributed by atoms with E-state index >= 15 is 0 Å². The maximum atomic E-state index is 13.9. The van der Waals surface area contributed by atoms with Crippen LogP contribution in [-0.2, 0) is 26.0 Å². The van der Waals surface area contributed by atoms with Gasteiger partial charge in [-0.25, -0.2) is 8.42 Å². The van der Waals surface area contributed by atoms with Crippen molar-refractivity contribution in [2.24, 2.45) is 0 Å². The van der Waals surface area contributed by atoms with Gasteiger partial charge in [-0.2, -0.15) is 0 Å². The Kier molecular flexibility index (Phi) is 10.1. The highest BCUT2D eigenvalue weighted by Crippen LogP contribution is 2.25. The molecule has 38 heavy (non-hydrogen) atoms. The van der Waals surface area contributed by atoms with Gasteiger partial charge in [0.15, 0.2) is 0 Å². The molecule has 7 nitrogen and oxygen atoms in total. The van der Waals surface area contributed by atoms with Gasteiger partial charge in [-0.3, -0.25) is 13.9 Å². The number of benzene rings is 3. The molecule has 0 fully saturated rings. The number of nitrogens with zero attached hydrogens (tertiary/aromatic N) is 2. The van der Waals surface area contributed by atoms with Crippen molar-refractivity contribution in [2.45, 2.75) is 57.5 Å². The van der Waals surface area contributed by atoms with E-state index in [0.717, 1.165) is 15.4 Å². The largest absolute Gasteiger partial charge is 0.352 e. The van der Waals surface area contributed by atoms with Crippen LogP contribution < -0.4 is 9.62 Å². The molecular formula is C30H37N3O4S. The molecule has 3 aromatic rings. The van der Waals surface area contributed by atoms with Crippen molar-refractivity contribution in [3.05, 3.63) is 96.1 Å². The first-order valence-electron chi connectivity index (χ1n) is 12.9. The van der Waals surface area contributed by atoms with Crippen LogP contribution in [0.3, 0.4) is 0 Å². The van der Waals surface area contributed by atoms with E-state index < -0.39 is 28.5 Å². The lowest BCUT2D eigenvalue weighted by molar-refractivity contribution is -0.139. The van der Waals surface area contributed by atoms with Crippen LogP contribution in [0, 0.1) is 6.92 Å². The predicted octanol–water partition coefficient (Wildman–Crippen LogP) is 4.56. The molecule has 0 saturated carbocycles. The SMILES string of the molecule is CCC(C(=O)NC(C)C)N(CCc1ccccc1)C(=O)CN(c1ccc(C)cc1)S(=O)(=O)c1ccccc1. The van der Waals surface area contributed by atoms with Gasteiger partial charge in [0, 0.05) is 12.6 Å². The molecule has 1 N–H and O–H groups in total.